The van der Waals surface area contributed by atoms with Crippen molar-refractivity contribution in [3.05, 3.63) is 59.5 Å². The highest BCUT2D eigenvalue weighted by Gasteiger charge is 2.24. The fourth-order valence-corrected chi connectivity index (χ4v) is 4.81. The van der Waals surface area contributed by atoms with Gasteiger partial charge in [0.15, 0.2) is 5.09 Å². The third-order valence-electron chi connectivity index (χ3n) is 5.65. The molecule has 34 heavy (non-hydrogen) atoms. The van der Waals surface area contributed by atoms with Crippen molar-refractivity contribution in [2.45, 2.75) is 5.09 Å². The SMILES string of the molecule is CN1CCN(C(=O)/C(=C/c2ccc(SC(=S)N3CCOCC3)o2)NC(=O)c2ccccc2)CC1. The summed E-state index contributed by atoms with van der Waals surface area (Å²) in [5.41, 5.74) is 0.659. The van der Waals surface area contributed by atoms with Crippen LogP contribution in [0.3, 0.4) is 0 Å². The summed E-state index contributed by atoms with van der Waals surface area (Å²) in [6, 6.07) is 12.4. The molecule has 2 aliphatic rings. The Labute approximate surface area is 208 Å². The monoisotopic (exact) mass is 500 g/mol. The van der Waals surface area contributed by atoms with E-state index in [0.717, 1.165) is 30.5 Å². The fraction of sp³-hybridized carbons (Fsp3) is 0.375. The lowest BCUT2D eigenvalue weighted by Gasteiger charge is -2.32. The minimum atomic E-state index is -0.344. The van der Waals surface area contributed by atoms with Crippen LogP contribution in [-0.2, 0) is 9.53 Å². The Kier molecular flexibility index (Phi) is 8.39. The maximum atomic E-state index is 13.3. The highest BCUT2D eigenvalue weighted by atomic mass is 32.2. The summed E-state index contributed by atoms with van der Waals surface area (Å²) >= 11 is 6.90. The van der Waals surface area contributed by atoms with Gasteiger partial charge in [-0.15, -0.1) is 0 Å². The Morgan fingerprint density at radius 3 is 2.38 bits per heavy atom. The van der Waals surface area contributed by atoms with E-state index in [0.29, 0.717) is 42.7 Å². The van der Waals surface area contributed by atoms with Crippen LogP contribution < -0.4 is 5.32 Å². The van der Waals surface area contributed by atoms with E-state index in [2.05, 4.69) is 15.1 Å². The molecular weight excluding hydrogens is 472 g/mol. The number of carbonyl (C=O) groups is 2. The van der Waals surface area contributed by atoms with Crippen LogP contribution in [0, 0.1) is 0 Å². The van der Waals surface area contributed by atoms with E-state index in [1.807, 2.05) is 19.2 Å². The van der Waals surface area contributed by atoms with Gasteiger partial charge in [0.05, 0.1) is 13.2 Å². The number of benzene rings is 1. The molecule has 0 radical (unpaired) electrons. The van der Waals surface area contributed by atoms with Crippen LogP contribution in [0.5, 0.6) is 0 Å². The topological polar surface area (TPSA) is 78.3 Å². The quantitative estimate of drug-likeness (QED) is 0.381. The van der Waals surface area contributed by atoms with Crippen molar-refractivity contribution in [2.24, 2.45) is 0 Å². The normalized spacial score (nSPS) is 17.5. The number of hydrogen-bond donors (Lipinski definition) is 1. The van der Waals surface area contributed by atoms with Gasteiger partial charge in [-0.2, -0.15) is 0 Å². The molecule has 1 aromatic carbocycles. The lowest BCUT2D eigenvalue weighted by Crippen LogP contribution is -2.49. The zero-order chi connectivity index (χ0) is 23.9. The maximum Gasteiger partial charge on any atom is 0.270 e. The van der Waals surface area contributed by atoms with E-state index in [1.54, 1.807) is 41.3 Å². The molecule has 180 valence electrons. The summed E-state index contributed by atoms with van der Waals surface area (Å²) in [6.07, 6.45) is 1.59. The predicted octanol–water partition coefficient (Wildman–Crippen LogP) is 2.53. The van der Waals surface area contributed by atoms with Gasteiger partial charge in [-0.05, 0) is 43.1 Å². The summed E-state index contributed by atoms with van der Waals surface area (Å²) in [6.45, 7) is 5.60. The van der Waals surface area contributed by atoms with E-state index in [9.17, 15) is 9.59 Å². The van der Waals surface area contributed by atoms with Gasteiger partial charge in [0.25, 0.3) is 11.8 Å². The minimum absolute atomic E-state index is 0.181. The summed E-state index contributed by atoms with van der Waals surface area (Å²) in [5.74, 6) is -0.103. The average molecular weight is 501 g/mol. The molecule has 1 N–H and O–H groups in total. The standard InChI is InChI=1S/C24H28N4O4S2/c1-26-9-11-27(12-10-26)23(30)20(25-22(29)18-5-3-2-4-6-18)17-19-7-8-21(32-19)34-24(33)28-13-15-31-16-14-28/h2-8,17H,9-16H2,1H3,(H,25,29)/b20-17-. The Hall–Kier alpha value is -2.66. The first kappa shape index (κ1) is 24.5. The van der Waals surface area contributed by atoms with Crippen molar-refractivity contribution in [1.29, 1.82) is 0 Å². The molecule has 0 spiro atoms. The van der Waals surface area contributed by atoms with E-state index in [1.165, 1.54) is 11.8 Å². The second-order valence-electron chi connectivity index (χ2n) is 8.10. The molecule has 0 aliphatic carbocycles. The van der Waals surface area contributed by atoms with Crippen molar-refractivity contribution in [3.63, 3.8) is 0 Å². The van der Waals surface area contributed by atoms with Gasteiger partial charge >= 0.3 is 0 Å². The molecule has 2 amide bonds. The zero-order valence-corrected chi connectivity index (χ0v) is 20.7. The number of nitrogens with zero attached hydrogens (tertiary/aromatic N) is 3. The molecular formula is C24H28N4O4S2. The number of thioether (sulfide) groups is 1. The molecule has 3 heterocycles. The molecule has 2 fully saturated rings. The van der Waals surface area contributed by atoms with E-state index < -0.39 is 0 Å². The van der Waals surface area contributed by atoms with Gasteiger partial charge in [-0.1, -0.05) is 30.4 Å². The summed E-state index contributed by atoms with van der Waals surface area (Å²) in [5, 5.41) is 3.42. The molecule has 2 aliphatic heterocycles. The van der Waals surface area contributed by atoms with Crippen molar-refractivity contribution in [3.8, 4) is 0 Å². The molecule has 10 heteroatoms. The van der Waals surface area contributed by atoms with Crippen LogP contribution in [0.2, 0.25) is 0 Å². The maximum absolute atomic E-state index is 13.3. The number of hydrogen-bond acceptors (Lipinski definition) is 7. The first-order chi connectivity index (χ1) is 16.5. The number of amides is 2. The van der Waals surface area contributed by atoms with E-state index >= 15 is 0 Å². The molecule has 0 unspecified atom stereocenters. The Morgan fingerprint density at radius 1 is 0.971 bits per heavy atom. The Morgan fingerprint density at radius 2 is 1.68 bits per heavy atom. The number of likely N-dealkylation sites (N-methyl/N-ethyl adjacent to an activating group) is 1. The first-order valence-corrected chi connectivity index (χ1v) is 12.4. The van der Waals surface area contributed by atoms with Gasteiger partial charge in [0, 0.05) is 50.9 Å². The highest BCUT2D eigenvalue weighted by molar-refractivity contribution is 8.22. The smallest absolute Gasteiger partial charge is 0.270 e. The van der Waals surface area contributed by atoms with Crippen LogP contribution in [0.15, 0.2) is 57.7 Å². The van der Waals surface area contributed by atoms with Crippen LogP contribution in [-0.4, -0.2) is 90.4 Å². The number of piperazine rings is 1. The number of ether oxygens (including phenoxy) is 1. The molecule has 1 aromatic heterocycles. The Balaban J connectivity index is 1.50. The second-order valence-corrected chi connectivity index (χ2v) is 9.74. The van der Waals surface area contributed by atoms with Crippen molar-refractivity contribution >= 4 is 46.2 Å². The van der Waals surface area contributed by atoms with E-state index in [4.69, 9.17) is 21.4 Å². The Bertz CT molecular complexity index is 1040. The third-order valence-corrected chi connectivity index (χ3v) is 7.01. The molecule has 0 bridgehead atoms. The number of carbonyl (C=O) groups excluding carboxylic acids is 2. The lowest BCUT2D eigenvalue weighted by atomic mass is 10.2. The average Bonchev–Trinajstić information content (AvgIpc) is 3.31. The number of rotatable bonds is 5. The molecule has 8 nitrogen and oxygen atoms in total. The summed E-state index contributed by atoms with van der Waals surface area (Å²) in [7, 11) is 2.03. The fourth-order valence-electron chi connectivity index (χ4n) is 3.62. The van der Waals surface area contributed by atoms with Crippen LogP contribution in [0.25, 0.3) is 6.08 Å². The third kappa shape index (κ3) is 6.47. The molecule has 2 aromatic rings. The van der Waals surface area contributed by atoms with Gasteiger partial charge in [-0.25, -0.2) is 0 Å². The van der Waals surface area contributed by atoms with E-state index in [-0.39, 0.29) is 17.5 Å². The van der Waals surface area contributed by atoms with Gasteiger partial charge in [-0.3, -0.25) is 9.59 Å². The minimum Gasteiger partial charge on any atom is -0.450 e. The summed E-state index contributed by atoms with van der Waals surface area (Å²) < 4.78 is 12.0. The lowest BCUT2D eigenvalue weighted by molar-refractivity contribution is -0.128. The van der Waals surface area contributed by atoms with Gasteiger partial charge in [0.1, 0.15) is 15.8 Å². The number of furan rings is 1. The number of morpholine rings is 1. The summed E-state index contributed by atoms with van der Waals surface area (Å²) in [4.78, 5) is 32.1. The second kappa shape index (κ2) is 11.7. The molecule has 2 saturated heterocycles. The largest absolute Gasteiger partial charge is 0.450 e. The molecule has 0 atom stereocenters. The zero-order valence-electron chi connectivity index (χ0n) is 19.1. The van der Waals surface area contributed by atoms with Gasteiger partial charge in [0.2, 0.25) is 0 Å². The predicted molar refractivity (Wildman–Crippen MR) is 136 cm³/mol. The molecule has 4 rings (SSSR count). The number of thiocarbonyl (C=S) groups is 1. The first-order valence-electron chi connectivity index (χ1n) is 11.2. The van der Waals surface area contributed by atoms with Crippen molar-refractivity contribution in [1.82, 2.24) is 20.0 Å². The molecule has 0 saturated carbocycles. The van der Waals surface area contributed by atoms with Crippen LogP contribution in [0.1, 0.15) is 16.1 Å². The van der Waals surface area contributed by atoms with Crippen LogP contribution in [0.4, 0.5) is 0 Å². The van der Waals surface area contributed by atoms with Crippen molar-refractivity contribution in [2.75, 3.05) is 59.5 Å². The van der Waals surface area contributed by atoms with Crippen LogP contribution >= 0.6 is 24.0 Å². The highest BCUT2D eigenvalue weighted by Crippen LogP contribution is 2.26. The number of nitrogens with one attached hydrogen (secondary N) is 1. The van der Waals surface area contributed by atoms with Crippen molar-refractivity contribution < 1.29 is 18.7 Å². The van der Waals surface area contributed by atoms with Gasteiger partial charge < -0.3 is 29.2 Å².